The zero-order valence-electron chi connectivity index (χ0n) is 9.29. The first kappa shape index (κ1) is 13.6. The highest BCUT2D eigenvalue weighted by molar-refractivity contribution is 9.10. The van der Waals surface area contributed by atoms with Crippen LogP contribution in [0.25, 0.3) is 0 Å². The molecule has 0 aliphatic heterocycles. The summed E-state index contributed by atoms with van der Waals surface area (Å²) in [5.74, 6) is 0. The third-order valence-electron chi connectivity index (χ3n) is 2.25. The zero-order valence-corrected chi connectivity index (χ0v) is 11.6. The molecule has 0 atom stereocenters. The van der Waals surface area contributed by atoms with E-state index in [0.717, 1.165) is 6.20 Å². The molecule has 2 rings (SSSR count). The van der Waals surface area contributed by atoms with Crippen molar-refractivity contribution in [1.82, 2.24) is 14.8 Å². The Kier molecular flexibility index (Phi) is 3.91. The van der Waals surface area contributed by atoms with E-state index in [4.69, 9.17) is 11.6 Å². The predicted molar refractivity (Wildman–Crippen MR) is 71.2 cm³/mol. The van der Waals surface area contributed by atoms with Crippen molar-refractivity contribution in [3.63, 3.8) is 0 Å². The Morgan fingerprint density at radius 2 is 2.11 bits per heavy atom. The maximum atomic E-state index is 11.5. The molecule has 0 bridgehead atoms. The van der Waals surface area contributed by atoms with Crippen molar-refractivity contribution < 1.29 is 4.92 Å². The summed E-state index contributed by atoms with van der Waals surface area (Å²) in [5.41, 5.74) is -0.603. The lowest BCUT2D eigenvalue weighted by molar-refractivity contribution is -0.386. The number of hydrogen-bond acceptors (Lipinski definition) is 5. The second-order valence-corrected chi connectivity index (χ2v) is 4.84. The molecule has 19 heavy (non-hydrogen) atoms. The van der Waals surface area contributed by atoms with Gasteiger partial charge in [0.05, 0.1) is 27.8 Å². The van der Waals surface area contributed by atoms with Crippen LogP contribution in [0.5, 0.6) is 0 Å². The van der Waals surface area contributed by atoms with Crippen molar-refractivity contribution in [2.75, 3.05) is 0 Å². The van der Waals surface area contributed by atoms with Gasteiger partial charge in [0.25, 0.3) is 5.43 Å². The Morgan fingerprint density at radius 3 is 2.68 bits per heavy atom. The third-order valence-corrected chi connectivity index (χ3v) is 3.01. The van der Waals surface area contributed by atoms with E-state index in [1.807, 2.05) is 0 Å². The Bertz CT molecular complexity index is 686. The fourth-order valence-electron chi connectivity index (χ4n) is 1.42. The molecular weight excluding hydrogens is 339 g/mol. The highest BCUT2D eigenvalue weighted by Crippen LogP contribution is 2.12. The molecular formula is C10H6BrClN4O3. The molecule has 0 spiro atoms. The highest BCUT2D eigenvalue weighted by Gasteiger charge is 2.16. The summed E-state index contributed by atoms with van der Waals surface area (Å²) in [5, 5.41) is 18.5. The van der Waals surface area contributed by atoms with Gasteiger partial charge < -0.3 is 4.57 Å². The summed E-state index contributed by atoms with van der Waals surface area (Å²) in [7, 11) is 0. The van der Waals surface area contributed by atoms with E-state index in [0.29, 0.717) is 5.69 Å². The average Bonchev–Trinajstić information content (AvgIpc) is 2.36. The smallest absolute Gasteiger partial charge is 0.333 e. The van der Waals surface area contributed by atoms with Gasteiger partial charge in [-0.05, 0) is 28.1 Å². The topological polar surface area (TPSA) is 90.9 Å². The zero-order chi connectivity index (χ0) is 14.0. The van der Waals surface area contributed by atoms with Gasteiger partial charge in [0.2, 0.25) is 0 Å². The highest BCUT2D eigenvalue weighted by atomic mass is 79.9. The number of rotatable bonds is 3. The molecule has 0 saturated carbocycles. The van der Waals surface area contributed by atoms with Gasteiger partial charge in [-0.25, -0.2) is 0 Å². The van der Waals surface area contributed by atoms with Gasteiger partial charge in [-0.1, -0.05) is 11.6 Å². The standard InChI is InChI=1S/C10H6BrClN4O3/c11-7-4-15(5-8(10(7)17)16(18)19)3-6-1-2-9(12)14-13-6/h1-2,4-5H,3H2. The summed E-state index contributed by atoms with van der Waals surface area (Å²) >= 11 is 8.60. The summed E-state index contributed by atoms with van der Waals surface area (Å²) in [6, 6.07) is 3.21. The quantitative estimate of drug-likeness (QED) is 0.627. The van der Waals surface area contributed by atoms with E-state index < -0.39 is 16.0 Å². The Labute approximate surface area is 120 Å². The first-order valence-electron chi connectivity index (χ1n) is 4.99. The van der Waals surface area contributed by atoms with Gasteiger partial charge in [0, 0.05) is 6.20 Å². The van der Waals surface area contributed by atoms with Crippen molar-refractivity contribution in [1.29, 1.82) is 0 Å². The van der Waals surface area contributed by atoms with Gasteiger partial charge in [-0.15, -0.1) is 5.10 Å². The SMILES string of the molecule is O=c1c(Br)cn(Cc2ccc(Cl)nn2)cc1[N+](=O)[O-]. The molecule has 0 aromatic carbocycles. The van der Waals surface area contributed by atoms with Gasteiger partial charge in [-0.2, -0.15) is 5.10 Å². The minimum absolute atomic E-state index is 0.114. The molecule has 0 N–H and O–H groups in total. The molecule has 98 valence electrons. The van der Waals surface area contributed by atoms with Crippen molar-refractivity contribution in [3.05, 3.63) is 60.2 Å². The number of nitro groups is 1. The van der Waals surface area contributed by atoms with Crippen LogP contribution in [0.3, 0.4) is 0 Å². The van der Waals surface area contributed by atoms with E-state index in [1.54, 1.807) is 12.1 Å². The van der Waals surface area contributed by atoms with Crippen molar-refractivity contribution in [2.24, 2.45) is 0 Å². The number of nitrogens with zero attached hydrogens (tertiary/aromatic N) is 4. The van der Waals surface area contributed by atoms with E-state index in [-0.39, 0.29) is 16.2 Å². The lowest BCUT2D eigenvalue weighted by Crippen LogP contribution is -2.14. The van der Waals surface area contributed by atoms with Crippen LogP contribution in [-0.4, -0.2) is 19.7 Å². The molecule has 9 heteroatoms. The minimum atomic E-state index is -0.725. The van der Waals surface area contributed by atoms with E-state index >= 15 is 0 Å². The Morgan fingerprint density at radius 1 is 1.37 bits per heavy atom. The molecule has 0 aliphatic rings. The summed E-state index contributed by atoms with van der Waals surface area (Å²) < 4.78 is 1.59. The molecule has 7 nitrogen and oxygen atoms in total. The van der Waals surface area contributed by atoms with E-state index in [1.165, 1.54) is 10.8 Å². The molecule has 0 amide bonds. The third kappa shape index (κ3) is 3.15. The second kappa shape index (κ2) is 5.45. The van der Waals surface area contributed by atoms with Gasteiger partial charge in [-0.3, -0.25) is 14.9 Å². The fourth-order valence-corrected chi connectivity index (χ4v) is 1.98. The van der Waals surface area contributed by atoms with E-state index in [9.17, 15) is 14.9 Å². The molecule has 0 radical (unpaired) electrons. The molecule has 0 unspecified atom stereocenters. The van der Waals surface area contributed by atoms with Crippen LogP contribution < -0.4 is 5.43 Å². The minimum Gasteiger partial charge on any atom is -0.341 e. The first-order chi connectivity index (χ1) is 8.97. The summed E-state index contributed by atoms with van der Waals surface area (Å²) in [4.78, 5) is 21.5. The number of hydrogen-bond donors (Lipinski definition) is 0. The lowest BCUT2D eigenvalue weighted by atomic mass is 10.3. The molecule has 0 saturated heterocycles. The average molecular weight is 346 g/mol. The van der Waals surface area contributed by atoms with Crippen molar-refractivity contribution >= 4 is 33.2 Å². The molecule has 0 aliphatic carbocycles. The number of halogens is 2. The van der Waals surface area contributed by atoms with Crippen LogP contribution in [-0.2, 0) is 6.54 Å². The summed E-state index contributed by atoms with van der Waals surface area (Å²) in [6.07, 6.45) is 2.61. The number of pyridine rings is 1. The van der Waals surface area contributed by atoms with Crippen LogP contribution in [0.1, 0.15) is 5.69 Å². The largest absolute Gasteiger partial charge is 0.341 e. The normalized spacial score (nSPS) is 10.4. The lowest BCUT2D eigenvalue weighted by Gasteiger charge is -2.05. The predicted octanol–water partition coefficient (Wildman–Crippen LogP) is 2.01. The van der Waals surface area contributed by atoms with Gasteiger partial charge >= 0.3 is 5.69 Å². The fraction of sp³-hybridized carbons (Fsp3) is 0.100. The monoisotopic (exact) mass is 344 g/mol. The molecule has 2 aromatic heterocycles. The van der Waals surface area contributed by atoms with E-state index in [2.05, 4.69) is 26.1 Å². The van der Waals surface area contributed by atoms with Gasteiger partial charge in [0.15, 0.2) is 5.15 Å². The molecule has 2 aromatic rings. The van der Waals surface area contributed by atoms with Gasteiger partial charge in [0.1, 0.15) is 0 Å². The Hall–Kier alpha value is -1.80. The maximum Gasteiger partial charge on any atom is 0.333 e. The molecule has 2 heterocycles. The summed E-state index contributed by atoms with van der Waals surface area (Å²) in [6.45, 7) is 0.240. The maximum absolute atomic E-state index is 11.5. The van der Waals surface area contributed by atoms with Crippen LogP contribution in [0.15, 0.2) is 33.8 Å². The Balaban J connectivity index is 2.38. The molecule has 0 fully saturated rings. The second-order valence-electron chi connectivity index (χ2n) is 3.60. The van der Waals surface area contributed by atoms with Crippen LogP contribution in [0.4, 0.5) is 5.69 Å². The van der Waals surface area contributed by atoms with Crippen LogP contribution in [0.2, 0.25) is 5.15 Å². The van der Waals surface area contributed by atoms with Crippen molar-refractivity contribution in [2.45, 2.75) is 6.54 Å². The van der Waals surface area contributed by atoms with Crippen LogP contribution in [0, 0.1) is 10.1 Å². The van der Waals surface area contributed by atoms with Crippen LogP contribution >= 0.6 is 27.5 Å². The number of aromatic nitrogens is 3. The van der Waals surface area contributed by atoms with Crippen molar-refractivity contribution in [3.8, 4) is 0 Å². The first-order valence-corrected chi connectivity index (χ1v) is 6.16.